The van der Waals surface area contributed by atoms with Crippen molar-refractivity contribution in [2.75, 3.05) is 44.7 Å². The van der Waals surface area contributed by atoms with Gasteiger partial charge in [-0.2, -0.15) is 0 Å². The van der Waals surface area contributed by atoms with E-state index in [-0.39, 0.29) is 55.8 Å². The van der Waals surface area contributed by atoms with Crippen molar-refractivity contribution >= 4 is 41.2 Å². The minimum atomic E-state index is -0.917. The first-order valence-corrected chi connectivity index (χ1v) is 9.88. The molecule has 28 heavy (non-hydrogen) atoms. The minimum Gasteiger partial charge on any atom is -0.461 e. The van der Waals surface area contributed by atoms with E-state index in [1.54, 1.807) is 0 Å². The third-order valence-electron chi connectivity index (χ3n) is 3.93. The summed E-state index contributed by atoms with van der Waals surface area (Å²) < 4.78 is 15.9. The number of carbonyl (C=O) groups excluding carboxylic acids is 3. The molecule has 0 radical (unpaired) electrons. The fourth-order valence-corrected chi connectivity index (χ4v) is 2.33. The smallest absolute Gasteiger partial charge is 0.409 e. The number of alkyl halides is 2. The maximum absolute atomic E-state index is 12.3. The molecule has 0 heterocycles. The Bertz CT molecular complexity index is 543. The summed E-state index contributed by atoms with van der Waals surface area (Å²) in [6, 6.07) is 0. The minimum absolute atomic E-state index is 0.114. The molecule has 0 rings (SSSR count). The summed E-state index contributed by atoms with van der Waals surface area (Å²) in [4.78, 5) is 37.3. The number of ether oxygens (including phenoxy) is 3. The molecule has 0 unspecified atom stereocenters. The molecule has 0 aromatic heterocycles. The molecule has 0 aliphatic carbocycles. The Balaban J connectivity index is 5.23. The zero-order valence-electron chi connectivity index (χ0n) is 16.7. The lowest BCUT2D eigenvalue weighted by Crippen LogP contribution is -2.42. The Hall–Kier alpha value is -1.73. The third kappa shape index (κ3) is 9.46. The number of carbonyl (C=O) groups is 3. The summed E-state index contributed by atoms with van der Waals surface area (Å²) in [6.07, 6.45) is -0.185. The fraction of sp³-hybridized carbons (Fsp3) is 0.632. The highest BCUT2D eigenvalue weighted by Gasteiger charge is 2.35. The third-order valence-corrected chi connectivity index (χ3v) is 4.27. The van der Waals surface area contributed by atoms with Crippen LogP contribution in [-0.2, 0) is 23.8 Å². The van der Waals surface area contributed by atoms with Gasteiger partial charge in [-0.1, -0.05) is 20.1 Å². The quantitative estimate of drug-likeness (QED) is 0.189. The summed E-state index contributed by atoms with van der Waals surface area (Å²) in [6.45, 7) is 12.1. The number of hydrogen-bond acceptors (Lipinski definition) is 6. The Morgan fingerprint density at radius 1 is 0.857 bits per heavy atom. The molecule has 0 aliphatic heterocycles. The van der Waals surface area contributed by atoms with Gasteiger partial charge in [0.25, 0.3) is 0 Å². The van der Waals surface area contributed by atoms with E-state index in [2.05, 4.69) is 13.2 Å². The second-order valence-corrected chi connectivity index (χ2v) is 7.24. The molecule has 0 aromatic carbocycles. The molecule has 1 amide bonds. The van der Waals surface area contributed by atoms with E-state index in [0.717, 1.165) is 0 Å². The molecule has 0 fully saturated rings. The van der Waals surface area contributed by atoms with E-state index in [1.165, 1.54) is 18.7 Å². The second-order valence-electron chi connectivity index (χ2n) is 6.49. The van der Waals surface area contributed by atoms with Crippen LogP contribution in [0.15, 0.2) is 24.3 Å². The number of esters is 2. The average molecular weight is 438 g/mol. The van der Waals surface area contributed by atoms with Crippen LogP contribution in [0.25, 0.3) is 0 Å². The van der Waals surface area contributed by atoms with Gasteiger partial charge in [-0.25, -0.2) is 14.4 Å². The highest BCUT2D eigenvalue weighted by molar-refractivity contribution is 6.18. The molecular formula is C19H29Cl2NO6. The first-order valence-electron chi connectivity index (χ1n) is 8.81. The van der Waals surface area contributed by atoms with E-state index in [4.69, 9.17) is 37.4 Å². The molecule has 0 N–H and O–H groups in total. The molecule has 0 spiro atoms. The first kappa shape index (κ1) is 26.3. The van der Waals surface area contributed by atoms with Crippen LogP contribution in [0, 0.1) is 5.41 Å². The molecule has 0 saturated carbocycles. The van der Waals surface area contributed by atoms with Crippen molar-refractivity contribution in [2.45, 2.75) is 27.2 Å². The summed E-state index contributed by atoms with van der Waals surface area (Å²) in [5.41, 5.74) is -0.452. The van der Waals surface area contributed by atoms with Crippen LogP contribution in [0.1, 0.15) is 27.2 Å². The number of rotatable bonds is 13. The highest BCUT2D eigenvalue weighted by atomic mass is 35.5. The number of halogens is 2. The maximum Gasteiger partial charge on any atom is 0.409 e. The van der Waals surface area contributed by atoms with Crippen LogP contribution in [0.3, 0.4) is 0 Å². The fourth-order valence-electron chi connectivity index (χ4n) is 1.92. The molecule has 7 nitrogen and oxygen atoms in total. The first-order chi connectivity index (χ1) is 13.1. The van der Waals surface area contributed by atoms with Gasteiger partial charge in [-0.05, 0) is 20.3 Å². The van der Waals surface area contributed by atoms with Crippen molar-refractivity contribution < 1.29 is 28.6 Å². The van der Waals surface area contributed by atoms with Gasteiger partial charge in [0, 0.05) is 36.0 Å². The zero-order chi connectivity index (χ0) is 21.7. The lowest BCUT2D eigenvalue weighted by Gasteiger charge is -2.32. The standard InChI is InChI=1S/C19H29Cl2NO6/c1-6-19(11-26-16(23)14(2)3,12-27-17(24)15(4)5)13-28-18(25)22(9-7-20)10-8-21/h2,4,6-13H2,1,3,5H3. The molecule has 0 bridgehead atoms. The van der Waals surface area contributed by atoms with Crippen molar-refractivity contribution in [1.29, 1.82) is 0 Å². The van der Waals surface area contributed by atoms with Gasteiger partial charge in [0.15, 0.2) is 0 Å². The van der Waals surface area contributed by atoms with Crippen LogP contribution in [-0.4, -0.2) is 67.6 Å². The van der Waals surface area contributed by atoms with Crippen LogP contribution >= 0.6 is 23.2 Å². The molecule has 0 atom stereocenters. The average Bonchev–Trinajstić information content (AvgIpc) is 2.66. The van der Waals surface area contributed by atoms with Crippen LogP contribution < -0.4 is 0 Å². The maximum atomic E-state index is 12.3. The van der Waals surface area contributed by atoms with Gasteiger partial charge in [0.2, 0.25) is 0 Å². The van der Waals surface area contributed by atoms with Gasteiger partial charge in [-0.3, -0.25) is 0 Å². The number of amides is 1. The predicted octanol–water partition coefficient (Wildman–Crippen LogP) is 3.54. The van der Waals surface area contributed by atoms with E-state index in [1.807, 2.05) is 6.92 Å². The van der Waals surface area contributed by atoms with Crippen molar-refractivity contribution in [3.05, 3.63) is 24.3 Å². The second kappa shape index (κ2) is 13.4. The largest absolute Gasteiger partial charge is 0.461 e. The van der Waals surface area contributed by atoms with Crippen molar-refractivity contribution in [2.24, 2.45) is 5.41 Å². The zero-order valence-corrected chi connectivity index (χ0v) is 18.2. The Kier molecular flexibility index (Phi) is 12.6. The van der Waals surface area contributed by atoms with Crippen molar-refractivity contribution in [3.8, 4) is 0 Å². The molecule has 0 aliphatic rings. The SMILES string of the molecule is C=C(C)C(=O)OCC(CC)(COC(=O)C(=C)C)COC(=O)N(CCCl)CCCl. The predicted molar refractivity (Wildman–Crippen MR) is 109 cm³/mol. The van der Waals surface area contributed by atoms with Crippen molar-refractivity contribution in [1.82, 2.24) is 4.90 Å². The van der Waals surface area contributed by atoms with E-state index >= 15 is 0 Å². The Morgan fingerprint density at radius 2 is 1.25 bits per heavy atom. The van der Waals surface area contributed by atoms with Crippen LogP contribution in [0.2, 0.25) is 0 Å². The molecule has 160 valence electrons. The van der Waals surface area contributed by atoms with Crippen LogP contribution in [0.4, 0.5) is 4.79 Å². The Labute approximate surface area is 176 Å². The Morgan fingerprint density at radius 3 is 1.57 bits per heavy atom. The van der Waals surface area contributed by atoms with Crippen molar-refractivity contribution in [3.63, 3.8) is 0 Å². The molecule has 0 saturated heterocycles. The monoisotopic (exact) mass is 437 g/mol. The summed E-state index contributed by atoms with van der Waals surface area (Å²) in [5, 5.41) is 0. The van der Waals surface area contributed by atoms with Gasteiger partial charge in [0.1, 0.15) is 19.8 Å². The highest BCUT2D eigenvalue weighted by Crippen LogP contribution is 2.25. The lowest BCUT2D eigenvalue weighted by molar-refractivity contribution is -0.151. The van der Waals surface area contributed by atoms with E-state index < -0.39 is 23.4 Å². The van der Waals surface area contributed by atoms with Gasteiger partial charge < -0.3 is 19.1 Å². The van der Waals surface area contributed by atoms with E-state index in [9.17, 15) is 14.4 Å². The molecule has 0 aromatic rings. The molecular weight excluding hydrogens is 409 g/mol. The van der Waals surface area contributed by atoms with Gasteiger partial charge in [-0.15, -0.1) is 23.2 Å². The summed E-state index contributed by atoms with van der Waals surface area (Å²) in [7, 11) is 0. The van der Waals surface area contributed by atoms with Gasteiger partial charge >= 0.3 is 18.0 Å². The number of hydrogen-bond donors (Lipinski definition) is 0. The normalized spacial score (nSPS) is 10.8. The lowest BCUT2D eigenvalue weighted by atomic mass is 9.88. The summed E-state index contributed by atoms with van der Waals surface area (Å²) >= 11 is 11.4. The summed E-state index contributed by atoms with van der Waals surface area (Å²) in [5.74, 6) is -0.697. The van der Waals surface area contributed by atoms with Crippen LogP contribution in [0.5, 0.6) is 0 Å². The number of nitrogens with zero attached hydrogens (tertiary/aromatic N) is 1. The van der Waals surface area contributed by atoms with Gasteiger partial charge in [0.05, 0.1) is 5.41 Å². The molecule has 9 heteroatoms. The van der Waals surface area contributed by atoms with E-state index in [0.29, 0.717) is 6.42 Å². The topological polar surface area (TPSA) is 82.1 Å².